The van der Waals surface area contributed by atoms with Gasteiger partial charge in [-0.05, 0) is 39.3 Å². The fourth-order valence-electron chi connectivity index (χ4n) is 3.88. The molecule has 0 aliphatic carbocycles. The number of amides is 2. The Kier molecular flexibility index (Phi) is 6.53. The third-order valence-electron chi connectivity index (χ3n) is 5.32. The minimum absolute atomic E-state index is 0.0653. The average molecular weight is 469 g/mol. The number of hydrogen-bond acceptors (Lipinski definition) is 8. The largest absolute Gasteiger partial charge is 0.496 e. The van der Waals surface area contributed by atoms with Gasteiger partial charge < -0.3 is 24.1 Å². The zero-order valence-electron chi connectivity index (χ0n) is 19.6. The number of carbonyl (C=O) groups is 2. The number of hydrogen-bond donors (Lipinski definition) is 1. The van der Waals surface area contributed by atoms with Crippen molar-refractivity contribution < 1.29 is 23.5 Å². The van der Waals surface area contributed by atoms with Crippen molar-refractivity contribution >= 4 is 12.0 Å². The fraction of sp³-hybridized carbons (Fsp3) is 0.435. The Morgan fingerprint density at radius 3 is 2.76 bits per heavy atom. The van der Waals surface area contributed by atoms with Crippen LogP contribution >= 0.6 is 0 Å². The van der Waals surface area contributed by atoms with Crippen LogP contribution in [0.3, 0.4) is 0 Å². The van der Waals surface area contributed by atoms with E-state index in [0.29, 0.717) is 36.6 Å². The molecule has 2 atom stereocenters. The van der Waals surface area contributed by atoms with E-state index in [-0.39, 0.29) is 18.0 Å². The number of rotatable bonds is 6. The van der Waals surface area contributed by atoms with Crippen molar-refractivity contribution in [1.29, 1.82) is 0 Å². The summed E-state index contributed by atoms with van der Waals surface area (Å²) in [5, 5.41) is 10.7. The number of nitrogens with one attached hydrogen (secondary N) is 1. The molecule has 4 rings (SSSR count). The second kappa shape index (κ2) is 9.54. The summed E-state index contributed by atoms with van der Waals surface area (Å²) in [6.07, 6.45) is 4.87. The van der Waals surface area contributed by atoms with E-state index in [4.69, 9.17) is 13.9 Å². The number of para-hydroxylation sites is 1. The Balaban J connectivity index is 1.46. The molecule has 0 radical (unpaired) electrons. The van der Waals surface area contributed by atoms with E-state index in [0.717, 1.165) is 0 Å². The molecule has 3 heterocycles. The van der Waals surface area contributed by atoms with Gasteiger partial charge in [0.2, 0.25) is 0 Å². The van der Waals surface area contributed by atoms with Gasteiger partial charge in [0, 0.05) is 18.8 Å². The standard InChI is InChI=1S/C23H28N6O5/c1-23(2,3)34-22(31)29-13-15(11-16(29)14-28-10-9-25-27-28)26-20(30)21-24-12-19(33-21)17-7-5-6-8-18(17)32-4/h5-10,12,15-16H,11,13-14H2,1-4H3,(H,26,30). The Morgan fingerprint density at radius 2 is 2.06 bits per heavy atom. The van der Waals surface area contributed by atoms with E-state index in [2.05, 4.69) is 20.6 Å². The van der Waals surface area contributed by atoms with Gasteiger partial charge in [0.15, 0.2) is 5.76 Å². The van der Waals surface area contributed by atoms with Crippen molar-refractivity contribution in [3.05, 3.63) is 48.7 Å². The summed E-state index contributed by atoms with van der Waals surface area (Å²) in [6, 6.07) is 6.78. The minimum atomic E-state index is -0.636. The number of methoxy groups -OCH3 is 1. The van der Waals surface area contributed by atoms with Crippen LogP contribution in [0.15, 0.2) is 47.3 Å². The molecule has 11 nitrogen and oxygen atoms in total. The molecule has 0 bridgehead atoms. The molecule has 11 heteroatoms. The lowest BCUT2D eigenvalue weighted by atomic mass is 10.1. The van der Waals surface area contributed by atoms with Crippen molar-refractivity contribution in [1.82, 2.24) is 30.2 Å². The van der Waals surface area contributed by atoms with Crippen LogP contribution in [0.25, 0.3) is 11.3 Å². The summed E-state index contributed by atoms with van der Waals surface area (Å²) < 4.78 is 18.3. The smallest absolute Gasteiger partial charge is 0.410 e. The lowest BCUT2D eigenvalue weighted by Crippen LogP contribution is -2.43. The highest BCUT2D eigenvalue weighted by Crippen LogP contribution is 2.30. The van der Waals surface area contributed by atoms with E-state index >= 15 is 0 Å². The summed E-state index contributed by atoms with van der Waals surface area (Å²) in [6.45, 7) is 6.17. The van der Waals surface area contributed by atoms with E-state index in [9.17, 15) is 9.59 Å². The number of benzene rings is 1. The van der Waals surface area contributed by atoms with Crippen molar-refractivity contribution in [2.45, 2.75) is 51.4 Å². The van der Waals surface area contributed by atoms with Crippen molar-refractivity contribution in [2.24, 2.45) is 0 Å². The van der Waals surface area contributed by atoms with E-state index < -0.39 is 17.6 Å². The Labute approximate surface area is 197 Å². The molecule has 0 spiro atoms. The predicted molar refractivity (Wildman–Crippen MR) is 121 cm³/mol. The van der Waals surface area contributed by atoms with Crippen LogP contribution in [0.1, 0.15) is 37.9 Å². The summed E-state index contributed by atoms with van der Waals surface area (Å²) in [4.78, 5) is 31.4. The first kappa shape index (κ1) is 23.3. The second-order valence-corrected chi connectivity index (χ2v) is 9.05. The maximum atomic E-state index is 12.9. The Morgan fingerprint density at radius 1 is 1.26 bits per heavy atom. The van der Waals surface area contributed by atoms with Gasteiger partial charge in [-0.1, -0.05) is 17.3 Å². The monoisotopic (exact) mass is 468 g/mol. The van der Waals surface area contributed by atoms with Crippen LogP contribution in [-0.2, 0) is 11.3 Å². The zero-order chi connectivity index (χ0) is 24.3. The summed E-state index contributed by atoms with van der Waals surface area (Å²) in [7, 11) is 1.56. The molecule has 1 fully saturated rings. The summed E-state index contributed by atoms with van der Waals surface area (Å²) in [5.74, 6) is 0.514. The molecule has 1 aliphatic rings. The van der Waals surface area contributed by atoms with Crippen LogP contribution in [-0.4, -0.2) is 68.2 Å². The number of likely N-dealkylation sites (tertiary alicyclic amines) is 1. The maximum absolute atomic E-state index is 12.9. The Hall–Kier alpha value is -3.89. The van der Waals surface area contributed by atoms with Gasteiger partial charge in [0.1, 0.15) is 11.4 Å². The molecule has 2 amide bonds. The first-order valence-electron chi connectivity index (χ1n) is 11.0. The average Bonchev–Trinajstić information content (AvgIpc) is 3.54. The van der Waals surface area contributed by atoms with E-state index in [1.165, 1.54) is 6.20 Å². The van der Waals surface area contributed by atoms with E-state index in [1.54, 1.807) is 35.2 Å². The van der Waals surface area contributed by atoms with Gasteiger partial charge in [-0.25, -0.2) is 9.78 Å². The zero-order valence-corrected chi connectivity index (χ0v) is 19.6. The highest BCUT2D eigenvalue weighted by molar-refractivity contribution is 5.90. The topological polar surface area (TPSA) is 125 Å². The molecule has 1 N–H and O–H groups in total. The molecule has 34 heavy (non-hydrogen) atoms. The number of ether oxygens (including phenoxy) is 2. The Bertz CT molecular complexity index is 1140. The number of carbonyl (C=O) groups excluding carboxylic acids is 2. The SMILES string of the molecule is COc1ccccc1-c1cnc(C(=O)NC2CC(Cn3ccnn3)N(C(=O)OC(C)(C)C)C2)o1. The summed E-state index contributed by atoms with van der Waals surface area (Å²) in [5.41, 5.74) is 0.0600. The van der Waals surface area contributed by atoms with Gasteiger partial charge in [-0.2, -0.15) is 0 Å². The molecule has 0 saturated carbocycles. The number of aromatic nitrogens is 4. The van der Waals surface area contributed by atoms with Crippen LogP contribution in [0.2, 0.25) is 0 Å². The lowest BCUT2D eigenvalue weighted by Gasteiger charge is -2.28. The van der Waals surface area contributed by atoms with Gasteiger partial charge in [-0.3, -0.25) is 9.48 Å². The molecule has 1 aliphatic heterocycles. The normalized spacial score (nSPS) is 18.1. The van der Waals surface area contributed by atoms with Gasteiger partial charge in [0.25, 0.3) is 5.89 Å². The van der Waals surface area contributed by atoms with Crippen LogP contribution in [0.4, 0.5) is 4.79 Å². The minimum Gasteiger partial charge on any atom is -0.496 e. The third-order valence-corrected chi connectivity index (χ3v) is 5.32. The molecule has 2 aromatic heterocycles. The molecule has 180 valence electrons. The van der Waals surface area contributed by atoms with E-state index in [1.807, 2.05) is 39.0 Å². The first-order chi connectivity index (χ1) is 16.2. The highest BCUT2D eigenvalue weighted by Gasteiger charge is 2.39. The maximum Gasteiger partial charge on any atom is 0.410 e. The fourth-order valence-corrected chi connectivity index (χ4v) is 3.88. The summed E-state index contributed by atoms with van der Waals surface area (Å²) >= 11 is 0. The third kappa shape index (κ3) is 5.36. The second-order valence-electron chi connectivity index (χ2n) is 9.05. The van der Waals surface area contributed by atoms with Crippen LogP contribution < -0.4 is 10.1 Å². The quantitative estimate of drug-likeness (QED) is 0.586. The lowest BCUT2D eigenvalue weighted by molar-refractivity contribution is 0.0207. The molecular weight excluding hydrogens is 440 g/mol. The first-order valence-corrected chi connectivity index (χ1v) is 11.0. The van der Waals surface area contributed by atoms with Crippen LogP contribution in [0, 0.1) is 0 Å². The number of nitrogens with zero attached hydrogens (tertiary/aromatic N) is 5. The molecule has 1 saturated heterocycles. The van der Waals surface area contributed by atoms with Gasteiger partial charge in [-0.15, -0.1) is 5.10 Å². The molecule has 2 unspecified atom stereocenters. The molecular formula is C23H28N6O5. The predicted octanol–water partition coefficient (Wildman–Crippen LogP) is 2.75. The number of oxazole rings is 1. The highest BCUT2D eigenvalue weighted by atomic mass is 16.6. The van der Waals surface area contributed by atoms with Gasteiger partial charge in [0.05, 0.1) is 37.7 Å². The van der Waals surface area contributed by atoms with Gasteiger partial charge >= 0.3 is 12.0 Å². The van der Waals surface area contributed by atoms with Crippen LogP contribution in [0.5, 0.6) is 5.75 Å². The van der Waals surface area contributed by atoms with Crippen molar-refractivity contribution in [3.8, 4) is 17.1 Å². The van der Waals surface area contributed by atoms with Crippen molar-refractivity contribution in [2.75, 3.05) is 13.7 Å². The molecule has 3 aromatic rings. The van der Waals surface area contributed by atoms with Crippen molar-refractivity contribution in [3.63, 3.8) is 0 Å². The molecule has 1 aromatic carbocycles.